The zero-order chi connectivity index (χ0) is 25.4. The van der Waals surface area contributed by atoms with Crippen molar-refractivity contribution in [2.75, 3.05) is 4.90 Å². The summed E-state index contributed by atoms with van der Waals surface area (Å²) < 4.78 is 0. The molecule has 6 rings (SSSR count). The van der Waals surface area contributed by atoms with Crippen LogP contribution in [0.5, 0.6) is 0 Å². The molecule has 3 atom stereocenters. The van der Waals surface area contributed by atoms with Crippen molar-refractivity contribution in [3.63, 3.8) is 0 Å². The van der Waals surface area contributed by atoms with Crippen LogP contribution in [0.1, 0.15) is 58.5 Å². The lowest BCUT2D eigenvalue weighted by Gasteiger charge is -2.38. The number of anilines is 1. The Bertz CT molecular complexity index is 1430. The second-order valence-electron chi connectivity index (χ2n) is 10.9. The number of hydrogen-bond donors (Lipinski definition) is 0. The molecule has 4 nitrogen and oxygen atoms in total. The summed E-state index contributed by atoms with van der Waals surface area (Å²) in [6.45, 7) is 5.69. The van der Waals surface area contributed by atoms with Gasteiger partial charge in [0.2, 0.25) is 0 Å². The minimum atomic E-state index is -1.47. The van der Waals surface area contributed by atoms with Crippen LogP contribution in [0.2, 0.25) is 5.02 Å². The van der Waals surface area contributed by atoms with Crippen molar-refractivity contribution in [3.8, 4) is 0 Å². The maximum absolute atomic E-state index is 14.4. The molecule has 5 heteroatoms. The molecule has 36 heavy (non-hydrogen) atoms. The SMILES string of the molecule is CC(C)(C)C(=O)[C@H]1[C@H](c2ccc(Cl)cc2)C2(C(=O)c3ccccc3C2=O)[C@@H]2C=Cc3ccccc3N21. The third-order valence-corrected chi connectivity index (χ3v) is 8.20. The highest BCUT2D eigenvalue weighted by molar-refractivity contribution is 6.32. The van der Waals surface area contributed by atoms with E-state index >= 15 is 0 Å². The molecule has 1 fully saturated rings. The van der Waals surface area contributed by atoms with Crippen molar-refractivity contribution < 1.29 is 14.4 Å². The van der Waals surface area contributed by atoms with Crippen molar-refractivity contribution in [2.24, 2.45) is 10.8 Å². The average Bonchev–Trinajstić information content (AvgIpc) is 3.30. The molecule has 2 heterocycles. The normalized spacial score (nSPS) is 23.6. The lowest BCUT2D eigenvalue weighted by Crippen LogP contribution is -2.49. The van der Waals surface area contributed by atoms with Crippen molar-refractivity contribution in [1.29, 1.82) is 0 Å². The molecule has 0 aromatic heterocycles. The second kappa shape index (κ2) is 7.75. The predicted octanol–water partition coefficient (Wildman–Crippen LogP) is 6.39. The van der Waals surface area contributed by atoms with Crippen LogP contribution in [0.4, 0.5) is 5.69 Å². The van der Waals surface area contributed by atoms with Crippen LogP contribution in [-0.2, 0) is 4.79 Å². The minimum absolute atomic E-state index is 0.00835. The van der Waals surface area contributed by atoms with Gasteiger partial charge in [0.25, 0.3) is 0 Å². The van der Waals surface area contributed by atoms with E-state index in [0.29, 0.717) is 16.1 Å². The summed E-state index contributed by atoms with van der Waals surface area (Å²) in [5.74, 6) is -1.13. The largest absolute Gasteiger partial charge is 0.352 e. The van der Waals surface area contributed by atoms with Crippen LogP contribution in [0.3, 0.4) is 0 Å². The van der Waals surface area contributed by atoms with Gasteiger partial charge in [-0.05, 0) is 29.3 Å². The lowest BCUT2D eigenvalue weighted by atomic mass is 9.63. The van der Waals surface area contributed by atoms with Gasteiger partial charge in [-0.1, -0.05) is 99.1 Å². The number of halogens is 1. The number of benzene rings is 3. The molecule has 180 valence electrons. The Morgan fingerprint density at radius 2 is 1.44 bits per heavy atom. The first-order chi connectivity index (χ1) is 17.2. The van der Waals surface area contributed by atoms with E-state index in [1.165, 1.54) is 0 Å². The number of nitrogens with zero attached hydrogens (tertiary/aromatic N) is 1. The lowest BCUT2D eigenvalue weighted by molar-refractivity contribution is -0.127. The summed E-state index contributed by atoms with van der Waals surface area (Å²) in [7, 11) is 0. The first-order valence-electron chi connectivity index (χ1n) is 12.2. The Labute approximate surface area is 215 Å². The maximum Gasteiger partial charge on any atom is 0.180 e. The van der Waals surface area contributed by atoms with Crippen LogP contribution >= 0.6 is 11.6 Å². The highest BCUT2D eigenvalue weighted by Gasteiger charge is 2.71. The van der Waals surface area contributed by atoms with E-state index in [9.17, 15) is 14.4 Å². The average molecular weight is 496 g/mol. The van der Waals surface area contributed by atoms with Crippen LogP contribution in [0.15, 0.2) is 78.9 Å². The highest BCUT2D eigenvalue weighted by Crippen LogP contribution is 2.61. The molecule has 3 aromatic rings. The van der Waals surface area contributed by atoms with E-state index in [0.717, 1.165) is 16.8 Å². The second-order valence-corrected chi connectivity index (χ2v) is 11.4. The fourth-order valence-corrected chi connectivity index (χ4v) is 6.53. The van der Waals surface area contributed by atoms with Gasteiger partial charge in [-0.3, -0.25) is 14.4 Å². The summed E-state index contributed by atoms with van der Waals surface area (Å²) in [6, 6.07) is 20.8. The predicted molar refractivity (Wildman–Crippen MR) is 142 cm³/mol. The number of para-hydroxylation sites is 1. The first kappa shape index (κ1) is 22.9. The number of hydrogen-bond acceptors (Lipinski definition) is 4. The monoisotopic (exact) mass is 495 g/mol. The Morgan fingerprint density at radius 3 is 2.06 bits per heavy atom. The maximum atomic E-state index is 14.4. The van der Waals surface area contributed by atoms with Crippen molar-refractivity contribution in [2.45, 2.75) is 38.8 Å². The van der Waals surface area contributed by atoms with Crippen molar-refractivity contribution in [1.82, 2.24) is 0 Å². The van der Waals surface area contributed by atoms with Gasteiger partial charge in [-0.2, -0.15) is 0 Å². The molecule has 1 aliphatic carbocycles. The number of ketones is 3. The molecule has 1 saturated heterocycles. The third-order valence-electron chi connectivity index (χ3n) is 7.95. The first-order valence-corrected chi connectivity index (χ1v) is 12.6. The van der Waals surface area contributed by atoms with Crippen molar-refractivity contribution in [3.05, 3.63) is 106 Å². The number of fused-ring (bicyclic) bond motifs is 5. The molecule has 0 bridgehead atoms. The highest BCUT2D eigenvalue weighted by atomic mass is 35.5. The van der Waals surface area contributed by atoms with Crippen LogP contribution in [0.25, 0.3) is 6.08 Å². The van der Waals surface area contributed by atoms with E-state index in [1.54, 1.807) is 36.4 Å². The van der Waals surface area contributed by atoms with E-state index in [1.807, 2.05) is 74.2 Å². The summed E-state index contributed by atoms with van der Waals surface area (Å²) in [6.07, 6.45) is 3.92. The molecule has 1 spiro atoms. The van der Waals surface area contributed by atoms with E-state index < -0.39 is 28.8 Å². The van der Waals surface area contributed by atoms with Crippen LogP contribution in [0, 0.1) is 10.8 Å². The van der Waals surface area contributed by atoms with Gasteiger partial charge in [0.1, 0.15) is 5.41 Å². The number of carbonyl (C=O) groups is 3. The summed E-state index contributed by atoms with van der Waals surface area (Å²) in [4.78, 5) is 45.2. The minimum Gasteiger partial charge on any atom is -0.352 e. The number of carbonyl (C=O) groups excluding carboxylic acids is 3. The Hall–Kier alpha value is -3.50. The number of rotatable bonds is 2. The van der Waals surface area contributed by atoms with E-state index in [4.69, 9.17) is 11.6 Å². The topological polar surface area (TPSA) is 54.5 Å². The van der Waals surface area contributed by atoms with Gasteiger partial charge < -0.3 is 4.90 Å². The summed E-state index contributed by atoms with van der Waals surface area (Å²) in [5.41, 5.74) is 1.28. The van der Waals surface area contributed by atoms with Crippen LogP contribution < -0.4 is 4.90 Å². The van der Waals surface area contributed by atoms with Crippen LogP contribution in [-0.4, -0.2) is 29.4 Å². The molecule has 0 radical (unpaired) electrons. The Balaban J connectivity index is 1.70. The molecule has 0 N–H and O–H groups in total. The zero-order valence-electron chi connectivity index (χ0n) is 20.4. The summed E-state index contributed by atoms with van der Waals surface area (Å²) in [5, 5.41) is 0.555. The van der Waals surface area contributed by atoms with Gasteiger partial charge in [0.05, 0.1) is 12.1 Å². The fourth-order valence-electron chi connectivity index (χ4n) is 6.40. The van der Waals surface area contributed by atoms with E-state index in [2.05, 4.69) is 0 Å². The van der Waals surface area contributed by atoms with Gasteiger partial charge in [0, 0.05) is 33.2 Å². The molecular weight excluding hydrogens is 470 g/mol. The Morgan fingerprint density at radius 1 is 0.861 bits per heavy atom. The zero-order valence-corrected chi connectivity index (χ0v) is 21.1. The molecule has 0 amide bonds. The number of Topliss-reactive ketones (excluding diaryl/α,β-unsaturated/α-hetero) is 3. The van der Waals surface area contributed by atoms with Crippen molar-refractivity contribution >= 4 is 40.7 Å². The molecular formula is C31H26ClNO3. The molecule has 0 unspecified atom stereocenters. The Kier molecular flexibility index (Phi) is 4.94. The fraction of sp³-hybridized carbons (Fsp3) is 0.258. The van der Waals surface area contributed by atoms with E-state index in [-0.39, 0.29) is 17.3 Å². The third kappa shape index (κ3) is 2.91. The van der Waals surface area contributed by atoms with Gasteiger partial charge in [-0.25, -0.2) is 0 Å². The van der Waals surface area contributed by atoms with Gasteiger partial charge >= 0.3 is 0 Å². The summed E-state index contributed by atoms with van der Waals surface area (Å²) >= 11 is 6.24. The standard InChI is InChI=1S/C31H26ClNO3/c1-30(2,3)29(36)26-25(19-12-15-20(32)16-13-19)31(27(34)21-9-5-6-10-22(21)28(31)35)24-17-14-18-8-4-7-11-23(18)33(24)26/h4-17,24-26H,1-3H3/t24-,25-,26+/m0/s1. The van der Waals surface area contributed by atoms with Gasteiger partial charge in [0.15, 0.2) is 17.3 Å². The molecule has 3 aromatic carbocycles. The molecule has 0 saturated carbocycles. The smallest absolute Gasteiger partial charge is 0.180 e. The molecule has 3 aliphatic rings. The quantitative estimate of drug-likeness (QED) is 0.386. The molecule has 2 aliphatic heterocycles. The van der Waals surface area contributed by atoms with Gasteiger partial charge in [-0.15, -0.1) is 0 Å².